The minimum atomic E-state index is -0.673. The molecule has 0 aliphatic heterocycles. The van der Waals surface area contributed by atoms with Gasteiger partial charge in [0.2, 0.25) is 5.95 Å². The van der Waals surface area contributed by atoms with Gasteiger partial charge < -0.3 is 0 Å². The van der Waals surface area contributed by atoms with Gasteiger partial charge in [0, 0.05) is 44.6 Å². The van der Waals surface area contributed by atoms with Crippen LogP contribution in [0.5, 0.6) is 0 Å². The van der Waals surface area contributed by atoms with Crippen LogP contribution in [0.3, 0.4) is 0 Å². The normalized spacial score (nSPS) is 13.1. The standard InChI is InChI=1S/C54H32N6/c1-4-18-33(19-5-1)50-55-32-40-45-38-26-12-16-30-43(38)54(41-28-14-10-24-36(41)37-25-11-15-29-42(37)54)47(45)49-46(48(40)56-50)39-27-13-17-31-44(39)60(49)53-58-51(34-20-6-2-7-21-34)57-52(59-53)35-22-8-3-9-23-35/h1-32H. The van der Waals surface area contributed by atoms with E-state index in [2.05, 4.69) is 144 Å². The largest absolute Gasteiger partial charge is 0.277 e. The molecular weight excluding hydrogens is 733 g/mol. The zero-order valence-corrected chi connectivity index (χ0v) is 32.2. The maximum Gasteiger partial charge on any atom is 0.238 e. The summed E-state index contributed by atoms with van der Waals surface area (Å²) in [6.45, 7) is 0. The van der Waals surface area contributed by atoms with E-state index in [9.17, 15) is 0 Å². The summed E-state index contributed by atoms with van der Waals surface area (Å²) >= 11 is 0. The van der Waals surface area contributed by atoms with E-state index < -0.39 is 5.41 Å². The Morgan fingerprint density at radius 2 is 0.883 bits per heavy atom. The lowest BCUT2D eigenvalue weighted by Crippen LogP contribution is -2.27. The van der Waals surface area contributed by atoms with Gasteiger partial charge in [0.05, 0.1) is 22.0 Å². The number of rotatable bonds is 4. The molecular formula is C54H32N6. The van der Waals surface area contributed by atoms with Crippen LogP contribution in [0.1, 0.15) is 22.3 Å². The monoisotopic (exact) mass is 764 g/mol. The fourth-order valence-electron chi connectivity index (χ4n) is 10.2. The maximum absolute atomic E-state index is 5.54. The summed E-state index contributed by atoms with van der Waals surface area (Å²) in [5.74, 6) is 2.42. The first-order valence-corrected chi connectivity index (χ1v) is 20.3. The molecule has 11 aromatic rings. The van der Waals surface area contributed by atoms with Crippen molar-refractivity contribution in [3.63, 3.8) is 0 Å². The Morgan fingerprint density at radius 1 is 0.400 bits per heavy atom. The predicted octanol–water partition coefficient (Wildman–Crippen LogP) is 12.3. The van der Waals surface area contributed by atoms with Gasteiger partial charge in [0.25, 0.3) is 0 Å². The van der Waals surface area contributed by atoms with Gasteiger partial charge in [-0.2, -0.15) is 9.97 Å². The summed E-state index contributed by atoms with van der Waals surface area (Å²) in [5.41, 5.74) is 14.7. The average molecular weight is 765 g/mol. The van der Waals surface area contributed by atoms with Crippen molar-refractivity contribution >= 4 is 32.7 Å². The molecule has 0 saturated carbocycles. The molecule has 0 N–H and O–H groups in total. The summed E-state index contributed by atoms with van der Waals surface area (Å²) in [6, 6.07) is 66.1. The Morgan fingerprint density at radius 3 is 1.48 bits per heavy atom. The average Bonchev–Trinajstić information content (AvgIpc) is 3.95. The van der Waals surface area contributed by atoms with Gasteiger partial charge in [-0.1, -0.05) is 182 Å². The number of hydrogen-bond donors (Lipinski definition) is 0. The Labute approximate surface area is 345 Å². The van der Waals surface area contributed by atoms with E-state index in [0.29, 0.717) is 23.4 Å². The molecule has 13 rings (SSSR count). The highest BCUT2D eigenvalue weighted by Gasteiger charge is 2.54. The van der Waals surface area contributed by atoms with Gasteiger partial charge in [-0.05, 0) is 45.0 Å². The van der Waals surface area contributed by atoms with Crippen LogP contribution in [-0.2, 0) is 5.41 Å². The van der Waals surface area contributed by atoms with Gasteiger partial charge >= 0.3 is 0 Å². The van der Waals surface area contributed by atoms with Gasteiger partial charge in [-0.15, -0.1) is 0 Å². The number of aromatic nitrogens is 6. The minimum Gasteiger partial charge on any atom is -0.277 e. The van der Waals surface area contributed by atoms with Crippen LogP contribution in [0.15, 0.2) is 194 Å². The molecule has 3 heterocycles. The van der Waals surface area contributed by atoms with Crippen molar-refractivity contribution in [3.05, 3.63) is 217 Å². The highest BCUT2D eigenvalue weighted by molar-refractivity contribution is 6.26. The predicted molar refractivity (Wildman–Crippen MR) is 240 cm³/mol. The lowest BCUT2D eigenvalue weighted by molar-refractivity contribution is 0.795. The van der Waals surface area contributed by atoms with Crippen LogP contribution in [0, 0.1) is 0 Å². The second-order valence-corrected chi connectivity index (χ2v) is 15.5. The fraction of sp³-hybridized carbons (Fsp3) is 0.0185. The molecule has 0 amide bonds. The van der Waals surface area contributed by atoms with Crippen LogP contribution in [0.25, 0.3) is 95.1 Å². The Balaban J connectivity index is 1.28. The third kappa shape index (κ3) is 4.39. The van der Waals surface area contributed by atoms with Crippen LogP contribution in [0.4, 0.5) is 0 Å². The van der Waals surface area contributed by atoms with E-state index in [-0.39, 0.29) is 0 Å². The summed E-state index contributed by atoms with van der Waals surface area (Å²) < 4.78 is 2.30. The summed E-state index contributed by atoms with van der Waals surface area (Å²) in [7, 11) is 0. The number of fused-ring (bicyclic) bond motifs is 17. The van der Waals surface area contributed by atoms with Crippen molar-refractivity contribution in [2.24, 2.45) is 0 Å². The number of hydrogen-bond acceptors (Lipinski definition) is 5. The van der Waals surface area contributed by atoms with Crippen molar-refractivity contribution in [2.45, 2.75) is 5.41 Å². The highest BCUT2D eigenvalue weighted by atomic mass is 15.2. The van der Waals surface area contributed by atoms with Crippen LogP contribution >= 0.6 is 0 Å². The number of nitrogens with zero attached hydrogens (tertiary/aromatic N) is 6. The fourth-order valence-corrected chi connectivity index (χ4v) is 10.2. The molecule has 6 nitrogen and oxygen atoms in total. The Hall–Kier alpha value is -8.09. The third-order valence-corrected chi connectivity index (χ3v) is 12.5. The highest BCUT2D eigenvalue weighted by Crippen LogP contribution is 2.65. The molecule has 0 fully saturated rings. The number of benzene rings is 8. The number of para-hydroxylation sites is 1. The summed E-state index contributed by atoms with van der Waals surface area (Å²) in [5, 5.41) is 3.11. The molecule has 0 radical (unpaired) electrons. The van der Waals surface area contributed by atoms with Gasteiger partial charge in [-0.3, -0.25) is 4.57 Å². The van der Waals surface area contributed by atoms with Crippen molar-refractivity contribution in [3.8, 4) is 62.4 Å². The smallest absolute Gasteiger partial charge is 0.238 e. The lowest BCUT2D eigenvalue weighted by atomic mass is 9.70. The topological polar surface area (TPSA) is 69.4 Å². The van der Waals surface area contributed by atoms with E-state index in [1.165, 1.54) is 38.9 Å². The van der Waals surface area contributed by atoms with Crippen LogP contribution in [-0.4, -0.2) is 29.5 Å². The first-order chi connectivity index (χ1) is 29.8. The van der Waals surface area contributed by atoms with E-state index in [1.54, 1.807) is 0 Å². The second kappa shape index (κ2) is 12.5. The van der Waals surface area contributed by atoms with Crippen molar-refractivity contribution in [2.75, 3.05) is 0 Å². The quantitative estimate of drug-likeness (QED) is 0.178. The first kappa shape index (κ1) is 32.9. The summed E-state index contributed by atoms with van der Waals surface area (Å²) in [6.07, 6.45) is 2.06. The molecule has 60 heavy (non-hydrogen) atoms. The van der Waals surface area contributed by atoms with Crippen LogP contribution in [0.2, 0.25) is 0 Å². The molecule has 1 spiro atoms. The van der Waals surface area contributed by atoms with E-state index >= 15 is 0 Å². The van der Waals surface area contributed by atoms with Crippen molar-refractivity contribution in [1.82, 2.24) is 29.5 Å². The SMILES string of the molecule is c1ccc(-c2nc(-c3ccccc3)nc(-n3c4ccccc4c4c5nc(-c6ccccc6)ncc5c5c(c43)C3(c4ccccc4-c4ccccc43)c3ccccc3-5)n2)cc1. The maximum atomic E-state index is 5.54. The van der Waals surface area contributed by atoms with E-state index in [4.69, 9.17) is 24.9 Å². The molecule has 0 saturated heterocycles. The summed E-state index contributed by atoms with van der Waals surface area (Å²) in [4.78, 5) is 26.6. The second-order valence-electron chi connectivity index (χ2n) is 15.5. The van der Waals surface area contributed by atoms with Gasteiger partial charge in [0.15, 0.2) is 17.5 Å². The van der Waals surface area contributed by atoms with E-state index in [1.807, 2.05) is 54.6 Å². The molecule has 2 aliphatic carbocycles. The van der Waals surface area contributed by atoms with Crippen molar-refractivity contribution < 1.29 is 0 Å². The minimum absolute atomic E-state index is 0.540. The molecule has 278 valence electrons. The molecule has 2 aliphatic rings. The zero-order valence-electron chi connectivity index (χ0n) is 32.2. The van der Waals surface area contributed by atoms with Gasteiger partial charge in [0.1, 0.15) is 0 Å². The Kier molecular flexibility index (Phi) is 6.84. The van der Waals surface area contributed by atoms with Crippen molar-refractivity contribution in [1.29, 1.82) is 0 Å². The lowest BCUT2D eigenvalue weighted by Gasteiger charge is -2.31. The third-order valence-electron chi connectivity index (χ3n) is 12.5. The molecule has 0 bridgehead atoms. The van der Waals surface area contributed by atoms with E-state index in [0.717, 1.165) is 55.0 Å². The zero-order chi connectivity index (χ0) is 39.4. The molecule has 0 unspecified atom stereocenters. The molecule has 0 atom stereocenters. The first-order valence-electron chi connectivity index (χ1n) is 20.3. The molecule has 3 aromatic heterocycles. The van der Waals surface area contributed by atoms with Crippen LogP contribution < -0.4 is 0 Å². The van der Waals surface area contributed by atoms with Gasteiger partial charge in [-0.25, -0.2) is 15.0 Å². The molecule has 6 heteroatoms. The molecule has 8 aromatic carbocycles. The Bertz CT molecular complexity index is 3440.